The molecule has 0 heterocycles. The van der Waals surface area contributed by atoms with Gasteiger partial charge in [-0.3, -0.25) is 4.79 Å². The number of nitrogens with one attached hydrogen (secondary N) is 1. The number of hydrogen-bond donors (Lipinski definition) is 3. The molecule has 1 amide bonds. The number of unbranched alkanes of at least 4 members (excludes halogenated alkanes) is 1. The predicted octanol–water partition coefficient (Wildman–Crippen LogP) is 5.16. The molecular formula is C27H31NO6. The first kappa shape index (κ1) is 24.9. The zero-order chi connectivity index (χ0) is 24.6. The lowest BCUT2D eigenvalue weighted by atomic mass is 9.89. The van der Waals surface area contributed by atoms with Crippen molar-refractivity contribution in [2.24, 2.45) is 0 Å². The monoisotopic (exact) mass is 465 g/mol. The SMILES string of the molecule is CCCCC(CC)(NC(=O)c1ccc2ccccc2c1OCCOc1ccc(O)cc1)C(=O)O. The minimum Gasteiger partial charge on any atom is -0.508 e. The Balaban J connectivity index is 1.83. The summed E-state index contributed by atoms with van der Waals surface area (Å²) in [7, 11) is 0. The summed E-state index contributed by atoms with van der Waals surface area (Å²) < 4.78 is 11.7. The Bertz CT molecular complexity index is 1130. The number of phenolic OH excluding ortho intramolecular Hbond substituents is 1. The van der Waals surface area contributed by atoms with Gasteiger partial charge in [0.15, 0.2) is 0 Å². The first-order valence-corrected chi connectivity index (χ1v) is 11.5. The van der Waals surface area contributed by atoms with Gasteiger partial charge in [-0.15, -0.1) is 0 Å². The normalized spacial score (nSPS) is 12.6. The number of ether oxygens (including phenoxy) is 2. The zero-order valence-corrected chi connectivity index (χ0v) is 19.5. The van der Waals surface area contributed by atoms with Crippen LogP contribution in [0, 0.1) is 0 Å². The van der Waals surface area contributed by atoms with Crippen LogP contribution in [0.2, 0.25) is 0 Å². The first-order chi connectivity index (χ1) is 16.4. The Morgan fingerprint density at radius 2 is 1.65 bits per heavy atom. The van der Waals surface area contributed by atoms with E-state index in [-0.39, 0.29) is 30.9 Å². The van der Waals surface area contributed by atoms with E-state index in [1.807, 2.05) is 37.3 Å². The van der Waals surface area contributed by atoms with Gasteiger partial charge in [-0.05, 0) is 48.6 Å². The Hall–Kier alpha value is -3.74. The molecule has 180 valence electrons. The third kappa shape index (κ3) is 5.78. The molecule has 0 radical (unpaired) electrons. The van der Waals surface area contributed by atoms with Crippen LogP contribution in [-0.4, -0.2) is 40.8 Å². The average molecular weight is 466 g/mol. The number of aliphatic carboxylic acids is 1. The van der Waals surface area contributed by atoms with Crippen LogP contribution in [0.15, 0.2) is 60.7 Å². The molecule has 0 aliphatic heterocycles. The Labute approximate surface area is 199 Å². The number of fused-ring (bicyclic) bond motifs is 1. The van der Waals surface area contributed by atoms with Gasteiger partial charge in [0, 0.05) is 5.39 Å². The van der Waals surface area contributed by atoms with Crippen molar-refractivity contribution in [3.63, 3.8) is 0 Å². The largest absolute Gasteiger partial charge is 0.508 e. The molecule has 34 heavy (non-hydrogen) atoms. The van der Waals surface area contributed by atoms with Crippen LogP contribution >= 0.6 is 0 Å². The van der Waals surface area contributed by atoms with Crippen LogP contribution in [0.5, 0.6) is 17.2 Å². The second kappa shape index (κ2) is 11.4. The molecule has 3 rings (SSSR count). The fraction of sp³-hybridized carbons (Fsp3) is 0.333. The molecule has 1 atom stereocenters. The van der Waals surface area contributed by atoms with E-state index in [0.717, 1.165) is 17.2 Å². The summed E-state index contributed by atoms with van der Waals surface area (Å²) in [5.41, 5.74) is -1.06. The van der Waals surface area contributed by atoms with Crippen LogP contribution in [0.4, 0.5) is 0 Å². The molecule has 0 aromatic heterocycles. The van der Waals surface area contributed by atoms with Crippen LogP contribution in [-0.2, 0) is 4.79 Å². The summed E-state index contributed by atoms with van der Waals surface area (Å²) >= 11 is 0. The van der Waals surface area contributed by atoms with Crippen molar-refractivity contribution in [3.05, 3.63) is 66.2 Å². The van der Waals surface area contributed by atoms with Crippen LogP contribution in [0.3, 0.4) is 0 Å². The van der Waals surface area contributed by atoms with Crippen molar-refractivity contribution in [2.75, 3.05) is 13.2 Å². The third-order valence-electron chi connectivity index (χ3n) is 5.88. The van der Waals surface area contributed by atoms with Crippen molar-refractivity contribution in [3.8, 4) is 17.2 Å². The summed E-state index contributed by atoms with van der Waals surface area (Å²) in [4.78, 5) is 25.4. The predicted molar refractivity (Wildman–Crippen MR) is 131 cm³/mol. The highest BCUT2D eigenvalue weighted by Gasteiger charge is 2.38. The molecule has 0 spiro atoms. The maximum absolute atomic E-state index is 13.3. The van der Waals surface area contributed by atoms with E-state index in [4.69, 9.17) is 9.47 Å². The van der Waals surface area contributed by atoms with E-state index < -0.39 is 17.4 Å². The Morgan fingerprint density at radius 1 is 0.941 bits per heavy atom. The lowest BCUT2D eigenvalue weighted by Crippen LogP contribution is -2.54. The van der Waals surface area contributed by atoms with Crippen molar-refractivity contribution in [1.29, 1.82) is 0 Å². The van der Waals surface area contributed by atoms with E-state index >= 15 is 0 Å². The van der Waals surface area contributed by atoms with Crippen molar-refractivity contribution >= 4 is 22.6 Å². The quantitative estimate of drug-likeness (QED) is 0.319. The first-order valence-electron chi connectivity index (χ1n) is 11.5. The van der Waals surface area contributed by atoms with Gasteiger partial charge in [0.05, 0.1) is 5.56 Å². The number of carboxylic acids is 1. The minimum absolute atomic E-state index is 0.151. The minimum atomic E-state index is -1.34. The molecule has 1 unspecified atom stereocenters. The molecule has 7 nitrogen and oxygen atoms in total. The number of aromatic hydroxyl groups is 1. The Kier molecular flexibility index (Phi) is 8.35. The molecule has 7 heteroatoms. The van der Waals surface area contributed by atoms with Gasteiger partial charge >= 0.3 is 5.97 Å². The summed E-state index contributed by atoms with van der Waals surface area (Å²) in [5.74, 6) is -0.403. The molecule has 0 aliphatic rings. The molecule has 3 N–H and O–H groups in total. The average Bonchev–Trinajstić information content (AvgIpc) is 2.85. The standard InChI is InChI=1S/C27H31NO6/c1-3-5-16-27(4-2,26(31)32)28-25(30)23-15-10-19-8-6-7-9-22(19)24(23)34-18-17-33-21-13-11-20(29)12-14-21/h6-15,29H,3-5,16-18H2,1-2H3,(H,28,30)(H,31,32). The number of phenols is 1. The Morgan fingerprint density at radius 3 is 2.32 bits per heavy atom. The number of carboxylic acid groups (broad SMARTS) is 1. The second-order valence-corrected chi connectivity index (χ2v) is 8.15. The molecule has 0 bridgehead atoms. The zero-order valence-electron chi connectivity index (χ0n) is 19.5. The van der Waals surface area contributed by atoms with E-state index in [2.05, 4.69) is 5.32 Å². The number of carbonyl (C=O) groups is 2. The fourth-order valence-electron chi connectivity index (χ4n) is 3.83. The van der Waals surface area contributed by atoms with Gasteiger partial charge in [-0.1, -0.05) is 57.0 Å². The maximum atomic E-state index is 13.3. The molecule has 0 fully saturated rings. The number of hydrogen-bond acceptors (Lipinski definition) is 5. The highest BCUT2D eigenvalue weighted by Crippen LogP contribution is 2.31. The van der Waals surface area contributed by atoms with Gasteiger partial charge < -0.3 is 25.0 Å². The van der Waals surface area contributed by atoms with Crippen molar-refractivity contribution in [1.82, 2.24) is 5.32 Å². The molecule has 0 saturated carbocycles. The second-order valence-electron chi connectivity index (χ2n) is 8.15. The van der Waals surface area contributed by atoms with Crippen LogP contribution in [0.25, 0.3) is 10.8 Å². The number of benzene rings is 3. The lowest BCUT2D eigenvalue weighted by molar-refractivity contribution is -0.145. The van der Waals surface area contributed by atoms with Gasteiger partial charge in [-0.2, -0.15) is 0 Å². The van der Waals surface area contributed by atoms with Gasteiger partial charge in [-0.25, -0.2) is 4.79 Å². The summed E-state index contributed by atoms with van der Waals surface area (Å²) in [6, 6.07) is 17.4. The van der Waals surface area contributed by atoms with Crippen LogP contribution in [0.1, 0.15) is 49.9 Å². The van der Waals surface area contributed by atoms with E-state index in [9.17, 15) is 19.8 Å². The van der Waals surface area contributed by atoms with Gasteiger partial charge in [0.25, 0.3) is 5.91 Å². The number of rotatable bonds is 12. The molecular weight excluding hydrogens is 434 g/mol. The maximum Gasteiger partial charge on any atom is 0.329 e. The molecule has 3 aromatic rings. The third-order valence-corrected chi connectivity index (χ3v) is 5.88. The van der Waals surface area contributed by atoms with Crippen molar-refractivity contribution < 1.29 is 29.3 Å². The van der Waals surface area contributed by atoms with E-state index in [1.54, 1.807) is 25.1 Å². The van der Waals surface area contributed by atoms with Crippen LogP contribution < -0.4 is 14.8 Å². The molecule has 0 aliphatic carbocycles. The summed E-state index contributed by atoms with van der Waals surface area (Å²) in [6.07, 6.45) is 2.15. The van der Waals surface area contributed by atoms with Crippen molar-refractivity contribution in [2.45, 2.75) is 45.1 Å². The van der Waals surface area contributed by atoms with Gasteiger partial charge in [0.2, 0.25) is 0 Å². The highest BCUT2D eigenvalue weighted by atomic mass is 16.5. The summed E-state index contributed by atoms with van der Waals surface area (Å²) in [5, 5.41) is 23.7. The van der Waals surface area contributed by atoms with E-state index in [1.165, 1.54) is 12.1 Å². The number of amides is 1. The lowest BCUT2D eigenvalue weighted by Gasteiger charge is -2.30. The highest BCUT2D eigenvalue weighted by molar-refractivity contribution is 6.05. The number of carbonyl (C=O) groups excluding carboxylic acids is 1. The topological polar surface area (TPSA) is 105 Å². The van der Waals surface area contributed by atoms with E-state index in [0.29, 0.717) is 24.3 Å². The molecule has 3 aromatic carbocycles. The van der Waals surface area contributed by atoms with Gasteiger partial charge in [0.1, 0.15) is 36.0 Å². The summed E-state index contributed by atoms with van der Waals surface area (Å²) in [6.45, 7) is 4.14. The smallest absolute Gasteiger partial charge is 0.329 e. The fourth-order valence-corrected chi connectivity index (χ4v) is 3.83. The molecule has 0 saturated heterocycles.